The molecule has 0 aliphatic carbocycles. The van der Waals surface area contributed by atoms with Crippen molar-refractivity contribution in [3.63, 3.8) is 0 Å². The lowest BCUT2D eigenvalue weighted by Crippen LogP contribution is -2.34. The van der Waals surface area contributed by atoms with Gasteiger partial charge in [0.25, 0.3) is 0 Å². The molecule has 0 aliphatic rings. The first-order valence-electron chi connectivity index (χ1n) is 5.59. The van der Waals surface area contributed by atoms with Gasteiger partial charge in [0.1, 0.15) is 0 Å². The Bertz CT molecular complexity index is 454. The monoisotopic (exact) mass is 295 g/mol. The smallest absolute Gasteiger partial charge is 0.242 e. The Kier molecular flexibility index (Phi) is 4.67. The number of nitrogens with one attached hydrogen (secondary N) is 1. The largest absolute Gasteiger partial charge is 0.451 e. The molecule has 0 spiro atoms. The zero-order valence-corrected chi connectivity index (χ0v) is 11.9. The Balaban J connectivity index is 2.79. The highest BCUT2D eigenvalue weighted by Crippen LogP contribution is 2.26. The summed E-state index contributed by atoms with van der Waals surface area (Å²) in [6, 6.07) is -0.401. The van der Waals surface area contributed by atoms with Crippen molar-refractivity contribution in [2.75, 3.05) is 0 Å². The van der Waals surface area contributed by atoms with Crippen LogP contribution in [-0.2, 0) is 17.2 Å². The van der Waals surface area contributed by atoms with Crippen molar-refractivity contribution in [3.05, 3.63) is 23.8 Å². The van der Waals surface area contributed by atoms with Gasteiger partial charge in [-0.3, -0.25) is 0 Å². The first-order valence-corrected chi connectivity index (χ1v) is 6.74. The molecule has 1 aromatic rings. The van der Waals surface area contributed by atoms with Crippen LogP contribution in [0.3, 0.4) is 0 Å². The summed E-state index contributed by atoms with van der Waals surface area (Å²) in [6.07, 6.45) is -2.37. The number of hydrogen-bond acceptors (Lipinski definition) is 3. The van der Waals surface area contributed by atoms with E-state index in [2.05, 4.69) is 14.7 Å². The van der Waals surface area contributed by atoms with E-state index >= 15 is 0 Å². The lowest BCUT2D eigenvalue weighted by atomic mass is 10.2. The lowest BCUT2D eigenvalue weighted by molar-refractivity contribution is -0.145. The molecular formula is C11H16F3N3OS. The fraction of sp³-hybridized carbons (Fsp3) is 0.636. The summed E-state index contributed by atoms with van der Waals surface area (Å²) in [4.78, 5) is 6.53. The first-order chi connectivity index (χ1) is 8.51. The van der Waals surface area contributed by atoms with Gasteiger partial charge in [-0.1, -0.05) is 0 Å². The minimum absolute atomic E-state index is 0.401. The van der Waals surface area contributed by atoms with Crippen molar-refractivity contribution in [2.45, 2.75) is 44.7 Å². The molecule has 1 heterocycles. The zero-order valence-electron chi connectivity index (χ0n) is 11.1. The summed E-state index contributed by atoms with van der Waals surface area (Å²) >= 11 is 0. The van der Waals surface area contributed by atoms with Gasteiger partial charge < -0.3 is 0 Å². The minimum atomic E-state index is -4.55. The van der Waals surface area contributed by atoms with Crippen LogP contribution in [-0.4, -0.2) is 18.9 Å². The van der Waals surface area contributed by atoms with Crippen LogP contribution in [0.2, 0.25) is 0 Å². The van der Waals surface area contributed by atoms with Gasteiger partial charge in [0, 0.05) is 24.0 Å². The molecular weight excluding hydrogens is 279 g/mol. The van der Waals surface area contributed by atoms with E-state index in [9.17, 15) is 17.4 Å². The second kappa shape index (κ2) is 5.54. The molecule has 4 nitrogen and oxygen atoms in total. The maximum absolute atomic E-state index is 12.3. The Morgan fingerprint density at radius 2 is 1.68 bits per heavy atom. The van der Waals surface area contributed by atoms with Gasteiger partial charge in [-0.15, -0.1) is 0 Å². The predicted octanol–water partition coefficient (Wildman–Crippen LogP) is 2.61. The highest BCUT2D eigenvalue weighted by atomic mass is 32.2. The molecule has 0 saturated heterocycles. The summed E-state index contributed by atoms with van der Waals surface area (Å²) in [5, 5.41) is 0. The van der Waals surface area contributed by atoms with Crippen LogP contribution in [0.25, 0.3) is 0 Å². The van der Waals surface area contributed by atoms with Crippen LogP contribution in [0, 0.1) is 0 Å². The molecule has 0 saturated carbocycles. The van der Waals surface area contributed by atoms with Crippen LogP contribution >= 0.6 is 0 Å². The zero-order chi connectivity index (χ0) is 14.8. The Morgan fingerprint density at radius 3 is 2.05 bits per heavy atom. The van der Waals surface area contributed by atoms with Crippen LogP contribution in [0.5, 0.6) is 0 Å². The highest BCUT2D eigenvalue weighted by Gasteiger charge is 2.34. The van der Waals surface area contributed by atoms with Crippen molar-refractivity contribution in [3.8, 4) is 0 Å². The highest BCUT2D eigenvalue weighted by molar-refractivity contribution is 7.84. The quantitative estimate of drug-likeness (QED) is 0.932. The third-order valence-corrected chi connectivity index (χ3v) is 3.95. The summed E-state index contributed by atoms with van der Waals surface area (Å²) < 4.78 is 51.1. The third kappa shape index (κ3) is 4.54. The van der Waals surface area contributed by atoms with E-state index in [0.717, 1.165) is 12.4 Å². The third-order valence-electron chi connectivity index (χ3n) is 2.27. The normalized spacial score (nSPS) is 16.2. The average molecular weight is 295 g/mol. The first kappa shape index (κ1) is 16.0. The molecule has 108 valence electrons. The van der Waals surface area contributed by atoms with Crippen LogP contribution in [0.15, 0.2) is 12.4 Å². The Morgan fingerprint density at radius 1 is 1.21 bits per heavy atom. The van der Waals surface area contributed by atoms with Gasteiger partial charge in [-0.25, -0.2) is 18.9 Å². The number of halogens is 3. The van der Waals surface area contributed by atoms with Crippen molar-refractivity contribution in [1.29, 1.82) is 0 Å². The molecule has 8 heteroatoms. The van der Waals surface area contributed by atoms with Gasteiger partial charge >= 0.3 is 6.18 Å². The Hall–Kier alpha value is -1.02. The maximum atomic E-state index is 12.3. The van der Waals surface area contributed by atoms with Crippen molar-refractivity contribution in [1.82, 2.24) is 14.7 Å². The molecule has 0 unspecified atom stereocenters. The predicted molar refractivity (Wildman–Crippen MR) is 66.5 cm³/mol. The number of nitrogens with zero attached hydrogens (tertiary/aromatic N) is 2. The van der Waals surface area contributed by atoms with E-state index in [1.165, 1.54) is 0 Å². The Labute approximate surface area is 112 Å². The fourth-order valence-electron chi connectivity index (χ4n) is 1.11. The minimum Gasteiger partial charge on any atom is -0.242 e. The summed E-state index contributed by atoms with van der Waals surface area (Å²) in [5.74, 6) is -1.18. The molecule has 0 amide bonds. The van der Waals surface area contributed by atoms with Crippen LogP contribution in [0.1, 0.15) is 45.1 Å². The van der Waals surface area contributed by atoms with Gasteiger partial charge in [0.05, 0.1) is 15.7 Å². The van der Waals surface area contributed by atoms with Crippen LogP contribution < -0.4 is 4.72 Å². The van der Waals surface area contributed by atoms with Crippen molar-refractivity contribution >= 4 is 11.0 Å². The molecule has 1 aromatic heterocycles. The molecule has 1 rings (SSSR count). The number of hydrogen-bond donors (Lipinski definition) is 1. The van der Waals surface area contributed by atoms with E-state index in [4.69, 9.17) is 0 Å². The summed E-state index contributed by atoms with van der Waals surface area (Å²) in [5.41, 5.74) is 0.450. The lowest BCUT2D eigenvalue weighted by Gasteiger charge is -2.21. The molecule has 0 aromatic carbocycles. The van der Waals surface area contributed by atoms with E-state index in [-0.39, 0.29) is 0 Å². The maximum Gasteiger partial charge on any atom is 0.451 e. The van der Waals surface area contributed by atoms with Gasteiger partial charge in [0.2, 0.25) is 5.82 Å². The van der Waals surface area contributed by atoms with Gasteiger partial charge in [0.15, 0.2) is 0 Å². The molecule has 1 N–H and O–H groups in total. The topological polar surface area (TPSA) is 54.9 Å². The van der Waals surface area contributed by atoms with E-state index in [1.807, 2.05) is 0 Å². The van der Waals surface area contributed by atoms with E-state index < -0.39 is 33.8 Å². The van der Waals surface area contributed by atoms with Gasteiger partial charge in [-0.05, 0) is 27.7 Å². The summed E-state index contributed by atoms with van der Waals surface area (Å²) in [6.45, 7) is 7.08. The molecule has 0 bridgehead atoms. The average Bonchev–Trinajstić information content (AvgIpc) is 2.26. The second-order valence-electron chi connectivity index (χ2n) is 5.06. The van der Waals surface area contributed by atoms with E-state index in [1.54, 1.807) is 27.7 Å². The fourth-order valence-corrected chi connectivity index (χ4v) is 1.92. The van der Waals surface area contributed by atoms with Crippen molar-refractivity contribution < 1.29 is 17.4 Å². The van der Waals surface area contributed by atoms with Gasteiger partial charge in [-0.2, -0.15) is 13.2 Å². The number of alkyl halides is 3. The molecule has 0 radical (unpaired) electrons. The molecule has 0 fully saturated rings. The SMILES string of the molecule is C[C@H](N[S@](=O)C(C)(C)C)c1cnc(C(F)(F)F)nc1. The number of rotatable bonds is 3. The number of aromatic nitrogens is 2. The van der Waals surface area contributed by atoms with E-state index in [0.29, 0.717) is 5.56 Å². The standard InChI is InChI=1S/C11H16F3N3OS/c1-7(17-19(18)10(2,3)4)8-5-15-9(16-6-8)11(12,13)14/h5-7,17H,1-4H3/t7-,19+/m0/s1. The summed E-state index contributed by atoms with van der Waals surface area (Å²) in [7, 11) is -1.32. The second-order valence-corrected chi connectivity index (χ2v) is 7.06. The molecule has 0 aliphatic heterocycles. The van der Waals surface area contributed by atoms with Crippen LogP contribution in [0.4, 0.5) is 13.2 Å². The molecule has 19 heavy (non-hydrogen) atoms. The van der Waals surface area contributed by atoms with Crippen molar-refractivity contribution in [2.24, 2.45) is 0 Å². The molecule has 2 atom stereocenters.